The number of aliphatic hydroxyl groups excluding tert-OH is 1. The first-order valence-electron chi connectivity index (χ1n) is 8.48. The van der Waals surface area contributed by atoms with E-state index in [1.165, 1.54) is 16.0 Å². The van der Waals surface area contributed by atoms with Crippen LogP contribution in [0.5, 0.6) is 0 Å². The summed E-state index contributed by atoms with van der Waals surface area (Å²) in [7, 11) is 0. The Labute approximate surface area is 142 Å². The molecule has 0 radical (unpaired) electrons. The van der Waals surface area contributed by atoms with E-state index < -0.39 is 12.1 Å². The maximum atomic E-state index is 12.9. The van der Waals surface area contributed by atoms with E-state index in [1.54, 1.807) is 0 Å². The lowest BCUT2D eigenvalue weighted by Crippen LogP contribution is -2.46. The number of hydrogen-bond donors (Lipinski definition) is 2. The molecule has 1 saturated heterocycles. The summed E-state index contributed by atoms with van der Waals surface area (Å²) in [4.78, 5) is 26.7. The van der Waals surface area contributed by atoms with Crippen LogP contribution in [0.15, 0.2) is 30.4 Å². The summed E-state index contributed by atoms with van der Waals surface area (Å²) in [6.45, 7) is 6.17. The van der Waals surface area contributed by atoms with Crippen LogP contribution in [0.1, 0.15) is 41.3 Å². The SMILES string of the molecule is C=C(C)CNC(=O)C1CC(O)CN1C(=O)c1ccc2c(c1)CCC2. The summed E-state index contributed by atoms with van der Waals surface area (Å²) in [5.74, 6) is -0.416. The molecule has 1 fully saturated rings. The molecule has 1 aliphatic heterocycles. The van der Waals surface area contributed by atoms with Gasteiger partial charge in [-0.15, -0.1) is 0 Å². The Morgan fingerprint density at radius 3 is 2.83 bits per heavy atom. The van der Waals surface area contributed by atoms with E-state index in [9.17, 15) is 14.7 Å². The van der Waals surface area contributed by atoms with Gasteiger partial charge in [-0.05, 0) is 49.4 Å². The van der Waals surface area contributed by atoms with Crippen LogP contribution in [0.4, 0.5) is 0 Å². The molecule has 2 amide bonds. The van der Waals surface area contributed by atoms with E-state index in [0.717, 1.165) is 24.8 Å². The van der Waals surface area contributed by atoms with Gasteiger partial charge in [0.25, 0.3) is 5.91 Å². The molecule has 0 saturated carbocycles. The minimum absolute atomic E-state index is 0.184. The van der Waals surface area contributed by atoms with Gasteiger partial charge in [-0.3, -0.25) is 9.59 Å². The van der Waals surface area contributed by atoms with Gasteiger partial charge in [-0.25, -0.2) is 0 Å². The molecule has 128 valence electrons. The molecule has 3 rings (SSSR count). The summed E-state index contributed by atoms with van der Waals surface area (Å²) in [5, 5.41) is 12.7. The zero-order valence-electron chi connectivity index (χ0n) is 14.0. The van der Waals surface area contributed by atoms with Gasteiger partial charge in [0, 0.05) is 25.1 Å². The maximum Gasteiger partial charge on any atom is 0.254 e. The Morgan fingerprint density at radius 1 is 1.33 bits per heavy atom. The van der Waals surface area contributed by atoms with E-state index in [2.05, 4.69) is 11.9 Å². The molecule has 0 aromatic heterocycles. The molecule has 2 atom stereocenters. The second-order valence-electron chi connectivity index (χ2n) is 6.87. The van der Waals surface area contributed by atoms with Crippen molar-refractivity contribution < 1.29 is 14.7 Å². The fraction of sp³-hybridized carbons (Fsp3) is 0.474. The first kappa shape index (κ1) is 16.7. The molecule has 1 aromatic rings. The Morgan fingerprint density at radius 2 is 2.08 bits per heavy atom. The lowest BCUT2D eigenvalue weighted by molar-refractivity contribution is -0.124. The standard InChI is InChI=1S/C19H24N2O3/c1-12(2)10-20-18(23)17-9-16(22)11-21(17)19(24)15-7-6-13-4-3-5-14(13)8-15/h6-8,16-17,22H,1,3-5,9-11H2,2H3,(H,20,23). The number of carbonyl (C=O) groups is 2. The third kappa shape index (κ3) is 3.36. The van der Waals surface area contributed by atoms with Crippen molar-refractivity contribution >= 4 is 11.8 Å². The predicted octanol–water partition coefficient (Wildman–Crippen LogP) is 1.44. The Balaban J connectivity index is 1.76. The maximum absolute atomic E-state index is 12.9. The van der Waals surface area contributed by atoms with Crippen molar-refractivity contribution in [1.82, 2.24) is 10.2 Å². The molecule has 5 heteroatoms. The summed E-state index contributed by atoms with van der Waals surface area (Å²) < 4.78 is 0. The van der Waals surface area contributed by atoms with Crippen molar-refractivity contribution in [1.29, 1.82) is 0 Å². The van der Waals surface area contributed by atoms with E-state index >= 15 is 0 Å². The zero-order valence-corrected chi connectivity index (χ0v) is 14.0. The van der Waals surface area contributed by atoms with Gasteiger partial charge in [-0.2, -0.15) is 0 Å². The first-order chi connectivity index (χ1) is 11.5. The third-order valence-corrected chi connectivity index (χ3v) is 4.75. The number of hydrogen-bond acceptors (Lipinski definition) is 3. The molecular formula is C19H24N2O3. The minimum Gasteiger partial charge on any atom is -0.391 e. The van der Waals surface area contributed by atoms with Crippen LogP contribution in [-0.2, 0) is 17.6 Å². The normalized spacial score (nSPS) is 22.3. The van der Waals surface area contributed by atoms with E-state index in [-0.39, 0.29) is 24.8 Å². The zero-order chi connectivity index (χ0) is 17.3. The van der Waals surface area contributed by atoms with Crippen LogP contribution >= 0.6 is 0 Å². The topological polar surface area (TPSA) is 69.6 Å². The van der Waals surface area contributed by atoms with Crippen molar-refractivity contribution in [3.63, 3.8) is 0 Å². The fourth-order valence-corrected chi connectivity index (χ4v) is 3.51. The number of nitrogens with zero attached hydrogens (tertiary/aromatic N) is 1. The number of amides is 2. The highest BCUT2D eigenvalue weighted by Crippen LogP contribution is 2.26. The van der Waals surface area contributed by atoms with Crippen molar-refractivity contribution in [3.05, 3.63) is 47.0 Å². The molecule has 1 heterocycles. The lowest BCUT2D eigenvalue weighted by atomic mass is 10.1. The number of likely N-dealkylation sites (tertiary alicyclic amines) is 1. The number of aryl methyl sites for hydroxylation is 2. The molecule has 2 aliphatic rings. The second kappa shape index (κ2) is 6.77. The van der Waals surface area contributed by atoms with E-state index in [4.69, 9.17) is 0 Å². The molecule has 24 heavy (non-hydrogen) atoms. The summed E-state index contributed by atoms with van der Waals surface area (Å²) in [6, 6.07) is 5.16. The van der Waals surface area contributed by atoms with Crippen molar-refractivity contribution in [2.75, 3.05) is 13.1 Å². The molecular weight excluding hydrogens is 304 g/mol. The van der Waals surface area contributed by atoms with Gasteiger partial charge in [-0.1, -0.05) is 18.2 Å². The Hall–Kier alpha value is -2.14. The average molecular weight is 328 g/mol. The molecule has 0 spiro atoms. The van der Waals surface area contributed by atoms with Gasteiger partial charge >= 0.3 is 0 Å². The largest absolute Gasteiger partial charge is 0.391 e. The summed E-state index contributed by atoms with van der Waals surface area (Å²) >= 11 is 0. The summed E-state index contributed by atoms with van der Waals surface area (Å²) in [6.07, 6.45) is 2.81. The molecule has 2 N–H and O–H groups in total. The molecule has 1 aromatic carbocycles. The van der Waals surface area contributed by atoms with Crippen molar-refractivity contribution in [2.24, 2.45) is 0 Å². The molecule has 0 bridgehead atoms. The lowest BCUT2D eigenvalue weighted by Gasteiger charge is -2.24. The van der Waals surface area contributed by atoms with Crippen molar-refractivity contribution in [3.8, 4) is 0 Å². The van der Waals surface area contributed by atoms with Crippen LogP contribution in [0.3, 0.4) is 0 Å². The van der Waals surface area contributed by atoms with Crippen LogP contribution in [0.25, 0.3) is 0 Å². The van der Waals surface area contributed by atoms with Crippen molar-refractivity contribution in [2.45, 2.75) is 44.8 Å². The highest BCUT2D eigenvalue weighted by atomic mass is 16.3. The van der Waals surface area contributed by atoms with E-state index in [1.807, 2.05) is 25.1 Å². The minimum atomic E-state index is -0.663. The number of carbonyl (C=O) groups excluding carboxylic acids is 2. The quantitative estimate of drug-likeness (QED) is 0.822. The van der Waals surface area contributed by atoms with Gasteiger partial charge in [0.2, 0.25) is 5.91 Å². The monoisotopic (exact) mass is 328 g/mol. The van der Waals surface area contributed by atoms with Gasteiger partial charge in [0.1, 0.15) is 6.04 Å². The highest BCUT2D eigenvalue weighted by Gasteiger charge is 2.39. The van der Waals surface area contributed by atoms with Crippen LogP contribution in [0.2, 0.25) is 0 Å². The molecule has 2 unspecified atom stereocenters. The Bertz CT molecular complexity index is 683. The van der Waals surface area contributed by atoms with Crippen LogP contribution in [0, 0.1) is 0 Å². The number of β-amino-alcohol motifs (C(OH)–C–C–N with tert-alkyl or cyclic N) is 1. The number of rotatable bonds is 4. The number of benzene rings is 1. The highest BCUT2D eigenvalue weighted by molar-refractivity contribution is 5.98. The Kier molecular flexibility index (Phi) is 4.71. The first-order valence-corrected chi connectivity index (χ1v) is 8.48. The number of aliphatic hydroxyl groups is 1. The van der Waals surface area contributed by atoms with Gasteiger partial charge < -0.3 is 15.3 Å². The fourth-order valence-electron chi connectivity index (χ4n) is 3.51. The van der Waals surface area contributed by atoms with Gasteiger partial charge in [0.05, 0.1) is 6.10 Å². The average Bonchev–Trinajstić information content (AvgIpc) is 3.17. The van der Waals surface area contributed by atoms with Crippen LogP contribution in [-0.4, -0.2) is 47.1 Å². The van der Waals surface area contributed by atoms with Crippen LogP contribution < -0.4 is 5.32 Å². The number of nitrogens with one attached hydrogen (secondary N) is 1. The third-order valence-electron chi connectivity index (χ3n) is 4.75. The predicted molar refractivity (Wildman–Crippen MR) is 91.7 cm³/mol. The summed E-state index contributed by atoms with van der Waals surface area (Å²) in [5.41, 5.74) is 3.98. The smallest absolute Gasteiger partial charge is 0.254 e. The van der Waals surface area contributed by atoms with Gasteiger partial charge in [0.15, 0.2) is 0 Å². The molecule has 5 nitrogen and oxygen atoms in total. The second-order valence-corrected chi connectivity index (χ2v) is 6.87. The number of fused-ring (bicyclic) bond motifs is 1. The molecule has 1 aliphatic carbocycles. The van der Waals surface area contributed by atoms with E-state index in [0.29, 0.717) is 12.1 Å².